The predicted octanol–water partition coefficient (Wildman–Crippen LogP) is 1.02. The van der Waals surface area contributed by atoms with Crippen LogP contribution in [-0.2, 0) is 17.8 Å². The van der Waals surface area contributed by atoms with E-state index in [1.165, 1.54) is 6.42 Å². The molecule has 0 aromatic carbocycles. The molecule has 0 spiro atoms. The topological polar surface area (TPSA) is 54.3 Å². The highest BCUT2D eigenvalue weighted by Crippen LogP contribution is 2.30. The number of nitrogens with zero attached hydrogens (tertiary/aromatic N) is 5. The van der Waals surface area contributed by atoms with Crippen LogP contribution in [0.4, 0.5) is 0 Å². The van der Waals surface area contributed by atoms with Gasteiger partial charge < -0.3 is 9.47 Å². The molecule has 0 aliphatic carbocycles. The summed E-state index contributed by atoms with van der Waals surface area (Å²) in [5.74, 6) is 3.13. The Balaban J connectivity index is 1.39. The first kappa shape index (κ1) is 14.2. The van der Waals surface area contributed by atoms with E-state index in [0.717, 1.165) is 69.9 Å². The fraction of sp³-hybridized carbons (Fsp3) is 0.812. The molecule has 1 atom stereocenters. The van der Waals surface area contributed by atoms with Crippen LogP contribution >= 0.6 is 0 Å². The molecule has 3 aliphatic heterocycles. The highest BCUT2D eigenvalue weighted by molar-refractivity contribution is 5.82. The van der Waals surface area contributed by atoms with E-state index in [4.69, 9.17) is 0 Å². The number of aryl methyl sites for hydroxylation is 1. The predicted molar refractivity (Wildman–Crippen MR) is 82.6 cm³/mol. The van der Waals surface area contributed by atoms with Gasteiger partial charge in [-0.3, -0.25) is 9.69 Å². The number of likely N-dealkylation sites (tertiary alicyclic amines) is 2. The smallest absolute Gasteiger partial charge is 0.239 e. The van der Waals surface area contributed by atoms with E-state index in [1.807, 2.05) is 0 Å². The van der Waals surface area contributed by atoms with Gasteiger partial charge in [0.1, 0.15) is 11.6 Å². The summed E-state index contributed by atoms with van der Waals surface area (Å²) in [5, 5.41) is 8.75. The van der Waals surface area contributed by atoms with Crippen molar-refractivity contribution in [2.24, 2.45) is 0 Å². The number of piperidine rings is 1. The molecule has 2 fully saturated rings. The first-order valence-electron chi connectivity index (χ1n) is 8.65. The zero-order chi connectivity index (χ0) is 15.1. The molecule has 0 radical (unpaired) electrons. The van der Waals surface area contributed by atoms with Crippen LogP contribution in [0.25, 0.3) is 0 Å². The summed E-state index contributed by atoms with van der Waals surface area (Å²) in [6, 6.07) is 0.119. The number of amides is 1. The average Bonchev–Trinajstić information content (AvgIpc) is 3.23. The lowest BCUT2D eigenvalue weighted by atomic mass is 9.95. The van der Waals surface area contributed by atoms with Crippen LogP contribution in [0.1, 0.15) is 49.7 Å². The zero-order valence-electron chi connectivity index (χ0n) is 13.4. The Labute approximate surface area is 131 Å². The minimum absolute atomic E-state index is 0.119. The molecule has 6 heteroatoms. The molecular weight excluding hydrogens is 278 g/mol. The number of carbonyl (C=O) groups is 1. The van der Waals surface area contributed by atoms with Crippen LogP contribution in [0.5, 0.6) is 0 Å². The Morgan fingerprint density at radius 3 is 2.59 bits per heavy atom. The SMILES string of the molecule is CN1CCC[C@H]1C(=O)N1CCC(c2nnc3n2CCC3)CC1. The summed E-state index contributed by atoms with van der Waals surface area (Å²) in [6.07, 6.45) is 6.49. The first-order valence-corrected chi connectivity index (χ1v) is 8.65. The molecule has 0 saturated carbocycles. The summed E-state index contributed by atoms with van der Waals surface area (Å²) >= 11 is 0. The van der Waals surface area contributed by atoms with Crippen LogP contribution in [0.15, 0.2) is 0 Å². The first-order chi connectivity index (χ1) is 10.7. The highest BCUT2D eigenvalue weighted by atomic mass is 16.2. The molecule has 1 amide bonds. The Morgan fingerprint density at radius 2 is 1.86 bits per heavy atom. The van der Waals surface area contributed by atoms with E-state index in [1.54, 1.807) is 0 Å². The van der Waals surface area contributed by atoms with Gasteiger partial charge in [0, 0.05) is 32.0 Å². The number of carbonyl (C=O) groups excluding carboxylic acids is 1. The van der Waals surface area contributed by atoms with Crippen molar-refractivity contribution < 1.29 is 4.79 Å². The molecule has 2 saturated heterocycles. The third-order valence-corrected chi connectivity index (χ3v) is 5.62. The third-order valence-electron chi connectivity index (χ3n) is 5.62. The molecule has 1 aromatic rings. The quantitative estimate of drug-likeness (QED) is 0.819. The second-order valence-electron chi connectivity index (χ2n) is 6.97. The van der Waals surface area contributed by atoms with Gasteiger partial charge in [-0.15, -0.1) is 10.2 Å². The number of hydrogen-bond donors (Lipinski definition) is 0. The number of fused-ring (bicyclic) bond motifs is 1. The number of likely N-dealkylation sites (N-methyl/N-ethyl adjacent to an activating group) is 1. The number of aromatic nitrogens is 3. The minimum atomic E-state index is 0.119. The van der Waals surface area contributed by atoms with Crippen LogP contribution in [0.3, 0.4) is 0 Å². The van der Waals surface area contributed by atoms with Crippen molar-refractivity contribution >= 4 is 5.91 Å². The highest BCUT2D eigenvalue weighted by Gasteiger charge is 2.34. The second-order valence-corrected chi connectivity index (χ2v) is 6.97. The van der Waals surface area contributed by atoms with E-state index in [-0.39, 0.29) is 6.04 Å². The van der Waals surface area contributed by atoms with Gasteiger partial charge >= 0.3 is 0 Å². The van der Waals surface area contributed by atoms with Crippen LogP contribution in [-0.4, -0.2) is 63.2 Å². The summed E-state index contributed by atoms with van der Waals surface area (Å²) in [5.41, 5.74) is 0. The fourth-order valence-electron chi connectivity index (χ4n) is 4.27. The largest absolute Gasteiger partial charge is 0.341 e. The van der Waals surface area contributed by atoms with Crippen molar-refractivity contribution in [1.29, 1.82) is 0 Å². The zero-order valence-corrected chi connectivity index (χ0v) is 13.4. The minimum Gasteiger partial charge on any atom is -0.341 e. The van der Waals surface area contributed by atoms with Crippen molar-refractivity contribution in [1.82, 2.24) is 24.6 Å². The lowest BCUT2D eigenvalue weighted by Crippen LogP contribution is -2.47. The monoisotopic (exact) mass is 303 g/mol. The van der Waals surface area contributed by atoms with E-state index in [9.17, 15) is 4.79 Å². The third kappa shape index (κ3) is 2.33. The van der Waals surface area contributed by atoms with Crippen molar-refractivity contribution in [2.45, 2.75) is 57.0 Å². The maximum atomic E-state index is 12.6. The van der Waals surface area contributed by atoms with E-state index in [2.05, 4.69) is 31.6 Å². The molecule has 0 bridgehead atoms. The van der Waals surface area contributed by atoms with Gasteiger partial charge in [0.05, 0.1) is 6.04 Å². The molecule has 22 heavy (non-hydrogen) atoms. The summed E-state index contributed by atoms with van der Waals surface area (Å²) in [6.45, 7) is 3.87. The van der Waals surface area contributed by atoms with Crippen molar-refractivity contribution in [3.05, 3.63) is 11.6 Å². The van der Waals surface area contributed by atoms with Gasteiger partial charge in [-0.25, -0.2) is 0 Å². The van der Waals surface area contributed by atoms with Crippen LogP contribution in [0, 0.1) is 0 Å². The second kappa shape index (κ2) is 5.65. The van der Waals surface area contributed by atoms with Crippen molar-refractivity contribution in [2.75, 3.05) is 26.7 Å². The molecule has 4 heterocycles. The number of rotatable bonds is 2. The fourth-order valence-corrected chi connectivity index (χ4v) is 4.27. The van der Waals surface area contributed by atoms with Crippen molar-refractivity contribution in [3.8, 4) is 0 Å². The van der Waals surface area contributed by atoms with Gasteiger partial charge in [-0.1, -0.05) is 0 Å². The van der Waals surface area contributed by atoms with E-state index >= 15 is 0 Å². The molecule has 4 rings (SSSR count). The van der Waals surface area contributed by atoms with Gasteiger partial charge in [0.25, 0.3) is 0 Å². The van der Waals surface area contributed by atoms with E-state index < -0.39 is 0 Å². The molecule has 0 N–H and O–H groups in total. The Hall–Kier alpha value is -1.43. The summed E-state index contributed by atoms with van der Waals surface area (Å²) in [4.78, 5) is 16.9. The van der Waals surface area contributed by atoms with E-state index in [0.29, 0.717) is 11.8 Å². The maximum absolute atomic E-state index is 12.6. The standard InChI is InChI=1S/C16H25N5O/c1-19-8-2-4-13(19)16(22)20-10-6-12(7-11-20)15-18-17-14-5-3-9-21(14)15/h12-13H,2-11H2,1H3/t13-/m0/s1. The van der Waals surface area contributed by atoms with Crippen molar-refractivity contribution in [3.63, 3.8) is 0 Å². The maximum Gasteiger partial charge on any atom is 0.239 e. The molecule has 1 aromatic heterocycles. The Kier molecular flexibility index (Phi) is 3.64. The summed E-state index contributed by atoms with van der Waals surface area (Å²) in [7, 11) is 2.07. The molecule has 0 unspecified atom stereocenters. The number of hydrogen-bond acceptors (Lipinski definition) is 4. The Morgan fingerprint density at radius 1 is 1.05 bits per heavy atom. The van der Waals surface area contributed by atoms with Crippen LogP contribution in [0.2, 0.25) is 0 Å². The van der Waals surface area contributed by atoms with Crippen LogP contribution < -0.4 is 0 Å². The Bertz CT molecular complexity index is 561. The van der Waals surface area contributed by atoms with Gasteiger partial charge in [0.15, 0.2) is 0 Å². The molecule has 6 nitrogen and oxygen atoms in total. The van der Waals surface area contributed by atoms with Gasteiger partial charge in [0.2, 0.25) is 5.91 Å². The lowest BCUT2D eigenvalue weighted by Gasteiger charge is -2.34. The lowest BCUT2D eigenvalue weighted by molar-refractivity contribution is -0.136. The average molecular weight is 303 g/mol. The van der Waals surface area contributed by atoms with Gasteiger partial charge in [-0.05, 0) is 45.7 Å². The molecule has 120 valence electrons. The molecular formula is C16H25N5O. The van der Waals surface area contributed by atoms with Gasteiger partial charge in [-0.2, -0.15) is 0 Å². The molecule has 3 aliphatic rings. The summed E-state index contributed by atoms with van der Waals surface area (Å²) < 4.78 is 2.31. The normalized spacial score (nSPS) is 26.6.